The van der Waals surface area contributed by atoms with Crippen molar-refractivity contribution in [3.63, 3.8) is 0 Å². The summed E-state index contributed by atoms with van der Waals surface area (Å²) < 4.78 is 32.1. The van der Waals surface area contributed by atoms with Gasteiger partial charge in [-0.15, -0.1) is 0 Å². The van der Waals surface area contributed by atoms with Gasteiger partial charge in [-0.05, 0) is 24.1 Å². The van der Waals surface area contributed by atoms with E-state index in [2.05, 4.69) is 5.32 Å². The van der Waals surface area contributed by atoms with Crippen molar-refractivity contribution in [1.82, 2.24) is 5.32 Å². The summed E-state index contributed by atoms with van der Waals surface area (Å²) in [4.78, 5) is 10.9. The topological polar surface area (TPSA) is 58.6 Å². The molecule has 0 aliphatic carbocycles. The van der Waals surface area contributed by atoms with Gasteiger partial charge >= 0.3 is 5.97 Å². The Morgan fingerprint density at radius 1 is 1.50 bits per heavy atom. The fourth-order valence-corrected chi connectivity index (χ4v) is 2.46. The summed E-state index contributed by atoms with van der Waals surface area (Å²) in [5.41, 5.74) is 0.476. The van der Waals surface area contributed by atoms with E-state index in [0.717, 1.165) is 6.92 Å². The summed E-state index contributed by atoms with van der Waals surface area (Å²) in [6.07, 6.45) is 0.399. The number of ether oxygens (including phenoxy) is 1. The molecule has 1 aromatic rings. The van der Waals surface area contributed by atoms with Crippen LogP contribution in [0.5, 0.6) is 5.75 Å². The maximum Gasteiger partial charge on any atom is 0.307 e. The largest absolute Gasteiger partial charge is 0.496 e. The van der Waals surface area contributed by atoms with E-state index in [1.165, 1.54) is 19.2 Å². The summed E-state index contributed by atoms with van der Waals surface area (Å²) in [5, 5.41) is 12.0. The standard InChI is InChI=1S/C14H17F2NO3/c1-14(15,16)10-5-8(3-4-12(10)20-2)11-6-9(7-17-11)13(18)19/h3-5,9,11,17H,6-7H2,1-2H3,(H,18,19). The minimum Gasteiger partial charge on any atom is -0.496 e. The van der Waals surface area contributed by atoms with Gasteiger partial charge in [0.1, 0.15) is 5.75 Å². The molecular weight excluding hydrogens is 268 g/mol. The molecule has 0 spiro atoms. The number of aliphatic carboxylic acids is 1. The number of alkyl halides is 2. The molecule has 2 atom stereocenters. The van der Waals surface area contributed by atoms with Crippen molar-refractivity contribution in [2.45, 2.75) is 25.3 Å². The quantitative estimate of drug-likeness (QED) is 0.892. The van der Waals surface area contributed by atoms with Crippen molar-refractivity contribution in [3.05, 3.63) is 29.3 Å². The fourth-order valence-electron chi connectivity index (χ4n) is 2.46. The van der Waals surface area contributed by atoms with Gasteiger partial charge in [0.2, 0.25) is 0 Å². The molecule has 6 heteroatoms. The molecule has 1 aliphatic heterocycles. The lowest BCUT2D eigenvalue weighted by Crippen LogP contribution is -2.17. The first kappa shape index (κ1) is 14.7. The minimum absolute atomic E-state index is 0.133. The van der Waals surface area contributed by atoms with Gasteiger partial charge in [-0.3, -0.25) is 4.79 Å². The van der Waals surface area contributed by atoms with E-state index in [1.807, 2.05) is 0 Å². The number of carboxylic acid groups (broad SMARTS) is 1. The summed E-state index contributed by atoms with van der Waals surface area (Å²) in [5.74, 6) is -4.22. The average Bonchev–Trinajstić information content (AvgIpc) is 2.86. The zero-order chi connectivity index (χ0) is 14.9. The molecule has 110 valence electrons. The summed E-state index contributed by atoms with van der Waals surface area (Å²) in [7, 11) is 1.35. The number of hydrogen-bond acceptors (Lipinski definition) is 3. The van der Waals surface area contributed by atoms with Crippen molar-refractivity contribution < 1.29 is 23.4 Å². The summed E-state index contributed by atoms with van der Waals surface area (Å²) in [6, 6.07) is 4.36. The fraction of sp³-hybridized carbons (Fsp3) is 0.500. The third-order valence-electron chi connectivity index (χ3n) is 3.58. The van der Waals surface area contributed by atoms with Crippen LogP contribution in [0.4, 0.5) is 8.78 Å². The Morgan fingerprint density at radius 2 is 2.20 bits per heavy atom. The lowest BCUT2D eigenvalue weighted by atomic mass is 9.96. The van der Waals surface area contributed by atoms with E-state index in [4.69, 9.17) is 9.84 Å². The molecule has 0 aromatic heterocycles. The predicted octanol–water partition coefficient (Wildman–Crippen LogP) is 2.54. The monoisotopic (exact) mass is 285 g/mol. The first-order valence-electron chi connectivity index (χ1n) is 6.35. The Morgan fingerprint density at radius 3 is 2.70 bits per heavy atom. The van der Waals surface area contributed by atoms with Gasteiger partial charge in [0.05, 0.1) is 18.6 Å². The first-order valence-corrected chi connectivity index (χ1v) is 6.35. The van der Waals surface area contributed by atoms with Crippen molar-refractivity contribution in [1.29, 1.82) is 0 Å². The molecule has 1 heterocycles. The average molecular weight is 285 g/mol. The summed E-state index contributed by atoms with van der Waals surface area (Å²) >= 11 is 0. The van der Waals surface area contributed by atoms with Crippen LogP contribution in [0.15, 0.2) is 18.2 Å². The van der Waals surface area contributed by atoms with E-state index < -0.39 is 17.8 Å². The number of rotatable bonds is 4. The van der Waals surface area contributed by atoms with Crippen LogP contribution in [0.1, 0.15) is 30.5 Å². The molecule has 0 bridgehead atoms. The highest BCUT2D eigenvalue weighted by Gasteiger charge is 2.33. The van der Waals surface area contributed by atoms with Gasteiger partial charge in [-0.2, -0.15) is 0 Å². The van der Waals surface area contributed by atoms with E-state index in [0.29, 0.717) is 18.5 Å². The molecule has 4 nitrogen and oxygen atoms in total. The number of carbonyl (C=O) groups is 1. The Hall–Kier alpha value is -1.69. The van der Waals surface area contributed by atoms with Crippen molar-refractivity contribution in [3.8, 4) is 5.75 Å². The second kappa shape index (κ2) is 5.36. The molecule has 2 rings (SSSR count). The third-order valence-corrected chi connectivity index (χ3v) is 3.58. The van der Waals surface area contributed by atoms with Gasteiger partial charge < -0.3 is 15.2 Å². The summed E-state index contributed by atoms with van der Waals surface area (Å²) in [6.45, 7) is 1.17. The smallest absolute Gasteiger partial charge is 0.307 e. The number of carboxylic acids is 1. The maximum atomic E-state index is 13.6. The van der Waals surface area contributed by atoms with E-state index >= 15 is 0 Å². The Labute approximate surface area is 115 Å². The molecule has 20 heavy (non-hydrogen) atoms. The van der Waals surface area contributed by atoms with Crippen LogP contribution in [0.2, 0.25) is 0 Å². The van der Waals surface area contributed by atoms with Gasteiger partial charge in [0.25, 0.3) is 5.92 Å². The molecule has 1 fully saturated rings. The second-order valence-corrected chi connectivity index (χ2v) is 5.08. The molecule has 2 N–H and O–H groups in total. The van der Waals surface area contributed by atoms with Gasteiger partial charge in [0, 0.05) is 19.5 Å². The lowest BCUT2D eigenvalue weighted by molar-refractivity contribution is -0.141. The van der Waals surface area contributed by atoms with E-state index in [1.54, 1.807) is 6.07 Å². The Kier molecular flexibility index (Phi) is 3.94. The molecular formula is C14H17F2NO3. The number of halogens is 2. The minimum atomic E-state index is -3.01. The molecule has 0 saturated carbocycles. The van der Waals surface area contributed by atoms with Crippen LogP contribution >= 0.6 is 0 Å². The van der Waals surface area contributed by atoms with Crippen molar-refractivity contribution >= 4 is 5.97 Å². The van der Waals surface area contributed by atoms with Crippen LogP contribution in [-0.4, -0.2) is 24.7 Å². The van der Waals surface area contributed by atoms with Crippen LogP contribution in [0.25, 0.3) is 0 Å². The highest BCUT2D eigenvalue weighted by atomic mass is 19.3. The number of benzene rings is 1. The van der Waals surface area contributed by atoms with Crippen molar-refractivity contribution in [2.24, 2.45) is 5.92 Å². The SMILES string of the molecule is COc1ccc(C2CC(C(=O)O)CN2)cc1C(C)(F)F. The van der Waals surface area contributed by atoms with Crippen LogP contribution in [-0.2, 0) is 10.7 Å². The van der Waals surface area contributed by atoms with Gasteiger partial charge in [-0.25, -0.2) is 8.78 Å². The molecule has 1 aromatic carbocycles. The normalized spacial score (nSPS) is 22.8. The zero-order valence-electron chi connectivity index (χ0n) is 11.3. The first-order chi connectivity index (χ1) is 9.32. The Bertz CT molecular complexity index is 514. The molecule has 0 radical (unpaired) electrons. The zero-order valence-corrected chi connectivity index (χ0v) is 11.3. The number of nitrogens with one attached hydrogen (secondary N) is 1. The van der Waals surface area contributed by atoms with E-state index in [-0.39, 0.29) is 17.4 Å². The van der Waals surface area contributed by atoms with Gasteiger partial charge in [-0.1, -0.05) is 6.07 Å². The van der Waals surface area contributed by atoms with Crippen LogP contribution < -0.4 is 10.1 Å². The van der Waals surface area contributed by atoms with Crippen LogP contribution in [0.3, 0.4) is 0 Å². The highest BCUT2D eigenvalue weighted by Crippen LogP contribution is 2.37. The third kappa shape index (κ3) is 2.90. The van der Waals surface area contributed by atoms with Gasteiger partial charge in [0.15, 0.2) is 0 Å². The highest BCUT2D eigenvalue weighted by molar-refractivity contribution is 5.70. The van der Waals surface area contributed by atoms with E-state index in [9.17, 15) is 13.6 Å². The molecule has 2 unspecified atom stereocenters. The predicted molar refractivity (Wildman–Crippen MR) is 69.0 cm³/mol. The number of hydrogen-bond donors (Lipinski definition) is 2. The lowest BCUT2D eigenvalue weighted by Gasteiger charge is -2.18. The second-order valence-electron chi connectivity index (χ2n) is 5.08. The number of methoxy groups -OCH3 is 1. The van der Waals surface area contributed by atoms with Crippen LogP contribution in [0, 0.1) is 5.92 Å². The van der Waals surface area contributed by atoms with Crippen molar-refractivity contribution in [2.75, 3.05) is 13.7 Å². The molecule has 1 aliphatic rings. The Balaban J connectivity index is 2.28. The molecule has 1 saturated heterocycles. The maximum absolute atomic E-state index is 13.6. The molecule has 0 amide bonds.